The molecule has 0 unspecified atom stereocenters. The van der Waals surface area contributed by atoms with Crippen LogP contribution in [0.15, 0.2) is 54.7 Å². The molecular weight excluding hydrogens is 296 g/mol. The topological polar surface area (TPSA) is 42.0 Å². The summed E-state index contributed by atoms with van der Waals surface area (Å²) < 4.78 is 0. The lowest BCUT2D eigenvalue weighted by Crippen LogP contribution is -2.15. The summed E-state index contributed by atoms with van der Waals surface area (Å²) >= 11 is 0. The minimum atomic E-state index is -0.0667. The Labute approximate surface area is 142 Å². The van der Waals surface area contributed by atoms with Crippen LogP contribution in [0, 0.1) is 6.92 Å². The summed E-state index contributed by atoms with van der Waals surface area (Å²) in [6, 6.07) is 15.8. The van der Waals surface area contributed by atoms with Crippen LogP contribution < -0.4 is 5.32 Å². The highest BCUT2D eigenvalue weighted by Crippen LogP contribution is 2.22. The molecule has 3 nitrogen and oxygen atoms in total. The van der Waals surface area contributed by atoms with Crippen LogP contribution in [0.5, 0.6) is 0 Å². The van der Waals surface area contributed by atoms with Gasteiger partial charge in [-0.25, -0.2) is 0 Å². The van der Waals surface area contributed by atoms with Gasteiger partial charge in [-0.3, -0.25) is 9.78 Å². The van der Waals surface area contributed by atoms with Gasteiger partial charge in [0.1, 0.15) is 0 Å². The lowest BCUT2D eigenvalue weighted by molar-refractivity contribution is 0.102. The SMILES string of the molecule is CCCCc1ccc(C)cc1C(=O)Nc1cccc2cccnc12. The van der Waals surface area contributed by atoms with E-state index in [9.17, 15) is 4.79 Å². The number of hydrogen-bond acceptors (Lipinski definition) is 2. The van der Waals surface area contributed by atoms with Crippen molar-refractivity contribution in [2.75, 3.05) is 5.32 Å². The molecule has 0 aliphatic heterocycles. The van der Waals surface area contributed by atoms with Crippen molar-refractivity contribution in [3.05, 3.63) is 71.4 Å². The van der Waals surface area contributed by atoms with Crippen molar-refractivity contribution in [2.45, 2.75) is 33.1 Å². The molecule has 2 aromatic carbocycles. The monoisotopic (exact) mass is 318 g/mol. The van der Waals surface area contributed by atoms with E-state index >= 15 is 0 Å². The Balaban J connectivity index is 1.93. The summed E-state index contributed by atoms with van der Waals surface area (Å²) in [6.07, 6.45) is 4.87. The van der Waals surface area contributed by atoms with E-state index in [-0.39, 0.29) is 5.91 Å². The van der Waals surface area contributed by atoms with Gasteiger partial charge in [-0.2, -0.15) is 0 Å². The first-order valence-electron chi connectivity index (χ1n) is 8.43. The van der Waals surface area contributed by atoms with Gasteiger partial charge in [-0.15, -0.1) is 0 Å². The molecule has 3 aromatic rings. The van der Waals surface area contributed by atoms with Gasteiger partial charge in [-0.1, -0.05) is 49.2 Å². The number of hydrogen-bond donors (Lipinski definition) is 1. The third kappa shape index (κ3) is 3.46. The van der Waals surface area contributed by atoms with E-state index in [0.717, 1.165) is 52.5 Å². The Morgan fingerprint density at radius 2 is 1.96 bits per heavy atom. The third-order valence-corrected chi connectivity index (χ3v) is 4.19. The largest absolute Gasteiger partial charge is 0.320 e. The number of fused-ring (bicyclic) bond motifs is 1. The minimum Gasteiger partial charge on any atom is -0.320 e. The number of aryl methyl sites for hydroxylation is 2. The lowest BCUT2D eigenvalue weighted by atomic mass is 9.99. The molecule has 0 aliphatic rings. The second-order valence-corrected chi connectivity index (χ2v) is 6.10. The first-order chi connectivity index (χ1) is 11.7. The second kappa shape index (κ2) is 7.26. The minimum absolute atomic E-state index is 0.0667. The molecule has 1 N–H and O–H groups in total. The number of benzene rings is 2. The van der Waals surface area contributed by atoms with E-state index in [1.54, 1.807) is 6.20 Å². The van der Waals surface area contributed by atoms with Crippen LogP contribution >= 0.6 is 0 Å². The van der Waals surface area contributed by atoms with Crippen LogP contribution in [0.3, 0.4) is 0 Å². The number of nitrogens with one attached hydrogen (secondary N) is 1. The maximum Gasteiger partial charge on any atom is 0.256 e. The average Bonchev–Trinajstić information content (AvgIpc) is 2.61. The first-order valence-corrected chi connectivity index (χ1v) is 8.43. The predicted molar refractivity (Wildman–Crippen MR) is 99.5 cm³/mol. The molecule has 24 heavy (non-hydrogen) atoms. The van der Waals surface area contributed by atoms with Crippen molar-refractivity contribution in [1.29, 1.82) is 0 Å². The molecule has 0 bridgehead atoms. The number of aromatic nitrogens is 1. The van der Waals surface area contributed by atoms with Crippen LogP contribution in [-0.2, 0) is 6.42 Å². The Morgan fingerprint density at radius 1 is 1.12 bits per heavy atom. The normalized spacial score (nSPS) is 10.8. The van der Waals surface area contributed by atoms with Gasteiger partial charge in [0.15, 0.2) is 0 Å². The molecule has 1 heterocycles. The quantitative estimate of drug-likeness (QED) is 0.708. The van der Waals surface area contributed by atoms with E-state index in [2.05, 4.69) is 29.4 Å². The molecule has 1 amide bonds. The van der Waals surface area contributed by atoms with Gasteiger partial charge >= 0.3 is 0 Å². The number of pyridine rings is 1. The van der Waals surface area contributed by atoms with Gasteiger partial charge < -0.3 is 5.32 Å². The Morgan fingerprint density at radius 3 is 2.79 bits per heavy atom. The maximum atomic E-state index is 12.9. The number of anilines is 1. The third-order valence-electron chi connectivity index (χ3n) is 4.19. The fourth-order valence-corrected chi connectivity index (χ4v) is 2.88. The van der Waals surface area contributed by atoms with Crippen LogP contribution in [0.1, 0.15) is 41.3 Å². The standard InChI is InChI=1S/C21H22N2O/c1-3-4-7-16-12-11-15(2)14-18(16)21(24)23-19-10-5-8-17-9-6-13-22-20(17)19/h5-6,8-14H,3-4,7H2,1-2H3,(H,23,24). The van der Waals surface area contributed by atoms with Gasteiger partial charge in [-0.05, 0) is 43.5 Å². The van der Waals surface area contributed by atoms with Gasteiger partial charge in [0.2, 0.25) is 0 Å². The molecule has 0 aliphatic carbocycles. The zero-order chi connectivity index (χ0) is 16.9. The van der Waals surface area contributed by atoms with Crippen LogP contribution in [0.25, 0.3) is 10.9 Å². The maximum absolute atomic E-state index is 12.9. The molecule has 122 valence electrons. The van der Waals surface area contributed by atoms with Crippen molar-refractivity contribution in [2.24, 2.45) is 0 Å². The summed E-state index contributed by atoms with van der Waals surface area (Å²) in [5.41, 5.74) is 4.53. The molecule has 3 heteroatoms. The van der Waals surface area contributed by atoms with Gasteiger partial charge in [0.05, 0.1) is 11.2 Å². The Bertz CT molecular complexity index is 865. The fourth-order valence-electron chi connectivity index (χ4n) is 2.88. The molecule has 0 saturated heterocycles. The van der Waals surface area contributed by atoms with Crippen molar-refractivity contribution in [3.8, 4) is 0 Å². The zero-order valence-corrected chi connectivity index (χ0v) is 14.2. The van der Waals surface area contributed by atoms with Crippen LogP contribution in [0.4, 0.5) is 5.69 Å². The molecule has 0 atom stereocenters. The van der Waals surface area contributed by atoms with Crippen LogP contribution in [-0.4, -0.2) is 10.9 Å². The van der Waals surface area contributed by atoms with E-state index in [1.807, 2.05) is 43.3 Å². The molecule has 0 radical (unpaired) electrons. The van der Waals surface area contributed by atoms with Gasteiger partial charge in [0, 0.05) is 17.1 Å². The number of carbonyl (C=O) groups excluding carboxylic acids is 1. The first kappa shape index (κ1) is 16.2. The summed E-state index contributed by atoms with van der Waals surface area (Å²) in [6.45, 7) is 4.18. The molecule has 0 spiro atoms. The number of amides is 1. The molecular formula is C21H22N2O. The van der Waals surface area contributed by atoms with E-state index in [4.69, 9.17) is 0 Å². The number of rotatable bonds is 5. The summed E-state index contributed by atoms with van der Waals surface area (Å²) in [7, 11) is 0. The van der Waals surface area contributed by atoms with Crippen LogP contribution in [0.2, 0.25) is 0 Å². The molecule has 1 aromatic heterocycles. The van der Waals surface area contributed by atoms with Crippen molar-refractivity contribution in [3.63, 3.8) is 0 Å². The number of unbranched alkanes of at least 4 members (excludes halogenated alkanes) is 1. The number of para-hydroxylation sites is 1. The highest BCUT2D eigenvalue weighted by molar-refractivity contribution is 6.09. The summed E-state index contributed by atoms with van der Waals surface area (Å²) in [5, 5.41) is 4.06. The van der Waals surface area contributed by atoms with Crippen molar-refractivity contribution < 1.29 is 4.79 Å². The predicted octanol–water partition coefficient (Wildman–Crippen LogP) is 5.14. The smallest absolute Gasteiger partial charge is 0.256 e. The molecule has 3 rings (SSSR count). The highest BCUT2D eigenvalue weighted by atomic mass is 16.1. The fraction of sp³-hybridized carbons (Fsp3) is 0.238. The van der Waals surface area contributed by atoms with Gasteiger partial charge in [0.25, 0.3) is 5.91 Å². The summed E-state index contributed by atoms with van der Waals surface area (Å²) in [5.74, 6) is -0.0667. The van der Waals surface area contributed by atoms with Crippen molar-refractivity contribution >= 4 is 22.5 Å². The molecule has 0 saturated carbocycles. The average molecular weight is 318 g/mol. The van der Waals surface area contributed by atoms with E-state index < -0.39 is 0 Å². The molecule has 0 fully saturated rings. The number of nitrogens with zero attached hydrogens (tertiary/aromatic N) is 1. The Kier molecular flexibility index (Phi) is 4.90. The second-order valence-electron chi connectivity index (χ2n) is 6.10. The van der Waals surface area contributed by atoms with E-state index in [1.165, 1.54) is 0 Å². The number of carbonyl (C=O) groups is 1. The lowest BCUT2D eigenvalue weighted by Gasteiger charge is -2.12. The zero-order valence-electron chi connectivity index (χ0n) is 14.2. The van der Waals surface area contributed by atoms with Crippen molar-refractivity contribution in [1.82, 2.24) is 4.98 Å². The highest BCUT2D eigenvalue weighted by Gasteiger charge is 2.13. The Hall–Kier alpha value is -2.68. The summed E-state index contributed by atoms with van der Waals surface area (Å²) in [4.78, 5) is 17.3. The van der Waals surface area contributed by atoms with E-state index in [0.29, 0.717) is 0 Å².